The van der Waals surface area contributed by atoms with E-state index >= 15 is 0 Å². The van der Waals surface area contributed by atoms with Crippen LogP contribution >= 0.6 is 23.1 Å². The van der Waals surface area contributed by atoms with Crippen molar-refractivity contribution in [3.63, 3.8) is 0 Å². The molecule has 1 aromatic rings. The van der Waals surface area contributed by atoms with E-state index < -0.39 is 0 Å². The summed E-state index contributed by atoms with van der Waals surface area (Å²) in [5.41, 5.74) is 1.34. The number of hydrogen-bond acceptors (Lipinski definition) is 3. The number of thiophene rings is 1. The number of carbonyl (C=O) groups is 1. The highest BCUT2D eigenvalue weighted by Gasteiger charge is 2.22. The van der Waals surface area contributed by atoms with E-state index in [1.807, 2.05) is 16.2 Å². The Labute approximate surface area is 111 Å². The standard InChI is InChI=1S/C13H19NOS2/c1-13(2,3)17-9-12(15)14-6-4-11-10(8-14)5-7-16-11/h5,7H,4,6,8-9H2,1-3H3. The minimum atomic E-state index is 0.166. The first-order chi connectivity index (χ1) is 7.96. The average Bonchev–Trinajstić information content (AvgIpc) is 2.71. The van der Waals surface area contributed by atoms with Crippen molar-refractivity contribution in [2.24, 2.45) is 0 Å². The van der Waals surface area contributed by atoms with Crippen molar-refractivity contribution in [3.8, 4) is 0 Å². The van der Waals surface area contributed by atoms with Crippen molar-refractivity contribution in [3.05, 3.63) is 21.9 Å². The lowest BCUT2D eigenvalue weighted by molar-refractivity contribution is -0.129. The number of hydrogen-bond donors (Lipinski definition) is 0. The maximum atomic E-state index is 12.1. The molecule has 0 saturated heterocycles. The summed E-state index contributed by atoms with van der Waals surface area (Å²) in [5.74, 6) is 0.880. The molecule has 2 nitrogen and oxygen atoms in total. The molecule has 1 aromatic heterocycles. The van der Waals surface area contributed by atoms with Crippen molar-refractivity contribution in [2.75, 3.05) is 12.3 Å². The van der Waals surface area contributed by atoms with Crippen molar-refractivity contribution in [2.45, 2.75) is 38.5 Å². The highest BCUT2D eigenvalue weighted by Crippen LogP contribution is 2.26. The fourth-order valence-corrected chi connectivity index (χ4v) is 3.46. The van der Waals surface area contributed by atoms with Gasteiger partial charge < -0.3 is 4.90 Å². The van der Waals surface area contributed by atoms with Crippen molar-refractivity contribution < 1.29 is 4.79 Å². The molecule has 0 N–H and O–H groups in total. The van der Waals surface area contributed by atoms with Crippen LogP contribution in [0, 0.1) is 0 Å². The summed E-state index contributed by atoms with van der Waals surface area (Å²) in [5, 5.41) is 2.13. The Balaban J connectivity index is 1.90. The van der Waals surface area contributed by atoms with Gasteiger partial charge in [-0.15, -0.1) is 23.1 Å². The van der Waals surface area contributed by atoms with E-state index in [1.165, 1.54) is 10.4 Å². The van der Waals surface area contributed by atoms with Crippen molar-refractivity contribution in [1.29, 1.82) is 0 Å². The van der Waals surface area contributed by atoms with Gasteiger partial charge in [-0.1, -0.05) is 20.8 Å². The Bertz CT molecular complexity index is 406. The van der Waals surface area contributed by atoms with Crippen LogP contribution < -0.4 is 0 Å². The maximum Gasteiger partial charge on any atom is 0.232 e. The molecule has 4 heteroatoms. The Hall–Kier alpha value is -0.480. The van der Waals surface area contributed by atoms with Gasteiger partial charge in [-0.2, -0.15) is 0 Å². The van der Waals surface area contributed by atoms with Gasteiger partial charge in [0, 0.05) is 22.7 Å². The zero-order valence-corrected chi connectivity index (χ0v) is 12.3. The highest BCUT2D eigenvalue weighted by molar-refractivity contribution is 8.01. The van der Waals surface area contributed by atoms with Crippen LogP contribution in [-0.4, -0.2) is 27.9 Å². The smallest absolute Gasteiger partial charge is 0.232 e. The molecular weight excluding hydrogens is 250 g/mol. The van der Waals surface area contributed by atoms with E-state index in [9.17, 15) is 4.79 Å². The normalized spacial score (nSPS) is 15.8. The fraction of sp³-hybridized carbons (Fsp3) is 0.615. The summed E-state index contributed by atoms with van der Waals surface area (Å²) in [7, 11) is 0. The van der Waals surface area contributed by atoms with Crippen LogP contribution in [0.2, 0.25) is 0 Å². The lowest BCUT2D eigenvalue weighted by atomic mass is 10.1. The molecule has 0 atom stereocenters. The van der Waals surface area contributed by atoms with Crippen LogP contribution in [0.15, 0.2) is 11.4 Å². The first kappa shape index (κ1) is 13.0. The van der Waals surface area contributed by atoms with Crippen LogP contribution in [0.25, 0.3) is 0 Å². The van der Waals surface area contributed by atoms with E-state index in [2.05, 4.69) is 32.2 Å². The Morgan fingerprint density at radius 3 is 3.00 bits per heavy atom. The van der Waals surface area contributed by atoms with Gasteiger partial charge in [0.05, 0.1) is 5.75 Å². The molecule has 0 aliphatic carbocycles. The molecule has 0 fully saturated rings. The number of rotatable bonds is 2. The topological polar surface area (TPSA) is 20.3 Å². The van der Waals surface area contributed by atoms with Gasteiger partial charge in [-0.25, -0.2) is 0 Å². The monoisotopic (exact) mass is 269 g/mol. The molecular formula is C13H19NOS2. The molecule has 0 aromatic carbocycles. The zero-order chi connectivity index (χ0) is 12.5. The minimum Gasteiger partial charge on any atom is -0.337 e. The van der Waals surface area contributed by atoms with Gasteiger partial charge >= 0.3 is 0 Å². The molecule has 0 unspecified atom stereocenters. The maximum absolute atomic E-state index is 12.1. The van der Waals surface area contributed by atoms with E-state index in [4.69, 9.17) is 0 Å². The summed E-state index contributed by atoms with van der Waals surface area (Å²) >= 11 is 3.54. The molecule has 94 valence electrons. The fourth-order valence-electron chi connectivity index (χ4n) is 1.83. The number of fused-ring (bicyclic) bond motifs is 1. The van der Waals surface area contributed by atoms with Gasteiger partial charge in [0.15, 0.2) is 0 Å². The van der Waals surface area contributed by atoms with Crippen LogP contribution in [0.3, 0.4) is 0 Å². The molecule has 0 bridgehead atoms. The van der Waals surface area contributed by atoms with Gasteiger partial charge in [0.25, 0.3) is 0 Å². The molecule has 0 spiro atoms. The summed E-state index contributed by atoms with van der Waals surface area (Å²) in [6, 6.07) is 2.15. The summed E-state index contributed by atoms with van der Waals surface area (Å²) in [6.45, 7) is 8.15. The number of thioether (sulfide) groups is 1. The molecule has 2 rings (SSSR count). The second-order valence-electron chi connectivity index (χ2n) is 5.34. The predicted molar refractivity (Wildman–Crippen MR) is 75.7 cm³/mol. The molecule has 17 heavy (non-hydrogen) atoms. The van der Waals surface area contributed by atoms with Crippen LogP contribution in [0.4, 0.5) is 0 Å². The van der Waals surface area contributed by atoms with E-state index in [-0.39, 0.29) is 10.7 Å². The van der Waals surface area contributed by atoms with Crippen LogP contribution in [0.1, 0.15) is 31.2 Å². The van der Waals surface area contributed by atoms with Gasteiger partial charge in [-0.3, -0.25) is 4.79 Å². The highest BCUT2D eigenvalue weighted by atomic mass is 32.2. The first-order valence-corrected chi connectivity index (χ1v) is 7.79. The zero-order valence-electron chi connectivity index (χ0n) is 10.7. The van der Waals surface area contributed by atoms with Crippen molar-refractivity contribution >= 4 is 29.0 Å². The second kappa shape index (κ2) is 5.02. The van der Waals surface area contributed by atoms with Crippen molar-refractivity contribution in [1.82, 2.24) is 4.90 Å². The second-order valence-corrected chi connectivity index (χ2v) is 8.14. The Kier molecular flexibility index (Phi) is 3.83. The summed E-state index contributed by atoms with van der Waals surface area (Å²) < 4.78 is 0.166. The third kappa shape index (κ3) is 3.49. The van der Waals surface area contributed by atoms with E-state index in [1.54, 1.807) is 11.8 Å². The number of carbonyl (C=O) groups excluding carboxylic acids is 1. The minimum absolute atomic E-state index is 0.166. The molecule has 1 aliphatic heterocycles. The van der Waals surface area contributed by atoms with Crippen LogP contribution in [0.5, 0.6) is 0 Å². The summed E-state index contributed by atoms with van der Waals surface area (Å²) in [4.78, 5) is 15.5. The van der Waals surface area contributed by atoms with E-state index in [0.29, 0.717) is 5.75 Å². The number of amides is 1. The van der Waals surface area contributed by atoms with E-state index in [0.717, 1.165) is 19.5 Å². The molecule has 1 amide bonds. The lowest BCUT2D eigenvalue weighted by Crippen LogP contribution is -2.37. The first-order valence-electron chi connectivity index (χ1n) is 5.93. The quantitative estimate of drug-likeness (QED) is 0.822. The average molecular weight is 269 g/mol. The SMILES string of the molecule is CC(C)(C)SCC(=O)N1CCc2sccc2C1. The lowest BCUT2D eigenvalue weighted by Gasteiger charge is -2.28. The molecule has 2 heterocycles. The van der Waals surface area contributed by atoms with Gasteiger partial charge in [0.1, 0.15) is 0 Å². The molecule has 0 radical (unpaired) electrons. The summed E-state index contributed by atoms with van der Waals surface area (Å²) in [6.07, 6.45) is 1.03. The Morgan fingerprint density at radius 1 is 1.53 bits per heavy atom. The Morgan fingerprint density at radius 2 is 2.29 bits per heavy atom. The van der Waals surface area contributed by atoms with Gasteiger partial charge in [0.2, 0.25) is 5.91 Å². The largest absolute Gasteiger partial charge is 0.337 e. The molecule has 0 saturated carbocycles. The van der Waals surface area contributed by atoms with Crippen LogP contribution in [-0.2, 0) is 17.8 Å². The predicted octanol–water partition coefficient (Wildman–Crippen LogP) is 3.16. The number of nitrogens with zero attached hydrogens (tertiary/aromatic N) is 1. The molecule has 1 aliphatic rings. The van der Waals surface area contributed by atoms with Gasteiger partial charge in [-0.05, 0) is 23.4 Å². The third-order valence-corrected chi connectivity index (χ3v) is 5.07. The third-order valence-electron chi connectivity index (χ3n) is 2.79.